The number of carbonyl (C=O) groups excluding carboxylic acids is 1. The first-order valence-corrected chi connectivity index (χ1v) is 7.02. The lowest BCUT2D eigenvalue weighted by Gasteiger charge is -2.10. The van der Waals surface area contributed by atoms with Gasteiger partial charge < -0.3 is 10.6 Å². The highest BCUT2D eigenvalue weighted by atomic mass is 16.1. The molecule has 2 N–H and O–H groups in total. The third-order valence-electron chi connectivity index (χ3n) is 3.42. The number of hydrogen-bond acceptors (Lipinski definition) is 4. The van der Waals surface area contributed by atoms with Gasteiger partial charge in [0.05, 0.1) is 23.5 Å². The van der Waals surface area contributed by atoms with E-state index in [0.29, 0.717) is 12.2 Å². The first-order chi connectivity index (χ1) is 10.1. The molecule has 6 heteroatoms. The van der Waals surface area contributed by atoms with Crippen LogP contribution in [0.3, 0.4) is 0 Å². The molecule has 0 spiro atoms. The smallest absolute Gasteiger partial charge is 0.226 e. The van der Waals surface area contributed by atoms with E-state index >= 15 is 0 Å². The summed E-state index contributed by atoms with van der Waals surface area (Å²) in [6.07, 6.45) is 0.245. The van der Waals surface area contributed by atoms with E-state index < -0.39 is 0 Å². The minimum absolute atomic E-state index is 0.0414. The lowest BCUT2D eigenvalue weighted by Crippen LogP contribution is -2.37. The van der Waals surface area contributed by atoms with Gasteiger partial charge in [0.2, 0.25) is 5.91 Å². The zero-order valence-corrected chi connectivity index (χ0v) is 12.6. The van der Waals surface area contributed by atoms with E-state index in [4.69, 9.17) is 0 Å². The van der Waals surface area contributed by atoms with Crippen molar-refractivity contribution in [3.8, 4) is 5.69 Å². The number of likely N-dealkylation sites (N-methyl/N-ethyl adjacent to an activating group) is 1. The van der Waals surface area contributed by atoms with Gasteiger partial charge in [-0.2, -0.15) is 0 Å². The van der Waals surface area contributed by atoms with Crippen molar-refractivity contribution in [2.45, 2.75) is 26.3 Å². The predicted molar refractivity (Wildman–Crippen MR) is 81.3 cm³/mol. The Bertz CT molecular complexity index is 593. The standard InChI is InChI=1S/C15H21N5O/c1-11(16-3)10-17-15(21)9-14-12(2)20(19-18-14)13-7-5-4-6-8-13/h4-8,11,16H,9-10H2,1-3H3,(H,17,21). The molecule has 1 aromatic heterocycles. The molecular formula is C15H21N5O. The van der Waals surface area contributed by atoms with E-state index in [-0.39, 0.29) is 18.4 Å². The molecule has 2 aromatic rings. The van der Waals surface area contributed by atoms with Crippen LogP contribution >= 0.6 is 0 Å². The second-order valence-electron chi connectivity index (χ2n) is 5.04. The first kappa shape index (κ1) is 15.2. The number of nitrogens with zero attached hydrogens (tertiary/aromatic N) is 3. The Morgan fingerprint density at radius 2 is 2.05 bits per heavy atom. The molecule has 0 aliphatic carbocycles. The second kappa shape index (κ2) is 6.99. The molecule has 1 amide bonds. The molecule has 0 radical (unpaired) electrons. The van der Waals surface area contributed by atoms with Crippen molar-refractivity contribution >= 4 is 5.91 Å². The van der Waals surface area contributed by atoms with Crippen LogP contribution in [-0.4, -0.2) is 40.5 Å². The van der Waals surface area contributed by atoms with Crippen molar-refractivity contribution in [2.24, 2.45) is 0 Å². The quantitative estimate of drug-likeness (QED) is 0.826. The van der Waals surface area contributed by atoms with Crippen LogP contribution in [-0.2, 0) is 11.2 Å². The maximum absolute atomic E-state index is 11.9. The van der Waals surface area contributed by atoms with E-state index in [1.807, 2.05) is 51.2 Å². The minimum atomic E-state index is -0.0414. The van der Waals surface area contributed by atoms with Gasteiger partial charge >= 0.3 is 0 Å². The van der Waals surface area contributed by atoms with E-state index in [1.165, 1.54) is 0 Å². The summed E-state index contributed by atoms with van der Waals surface area (Å²) in [7, 11) is 1.87. The molecule has 6 nitrogen and oxygen atoms in total. The summed E-state index contributed by atoms with van der Waals surface area (Å²) in [5.41, 5.74) is 2.53. The van der Waals surface area contributed by atoms with Gasteiger partial charge in [-0.25, -0.2) is 4.68 Å². The molecule has 1 unspecified atom stereocenters. The molecule has 0 aliphatic rings. The largest absolute Gasteiger partial charge is 0.354 e. The fraction of sp³-hybridized carbons (Fsp3) is 0.400. The van der Waals surface area contributed by atoms with Crippen LogP contribution in [0.15, 0.2) is 30.3 Å². The van der Waals surface area contributed by atoms with Crippen molar-refractivity contribution < 1.29 is 4.79 Å². The number of carbonyl (C=O) groups is 1. The summed E-state index contributed by atoms with van der Waals surface area (Å²) >= 11 is 0. The number of para-hydroxylation sites is 1. The van der Waals surface area contributed by atoms with Crippen LogP contribution in [0.2, 0.25) is 0 Å². The van der Waals surface area contributed by atoms with Crippen molar-refractivity contribution in [2.75, 3.05) is 13.6 Å². The van der Waals surface area contributed by atoms with Crippen LogP contribution in [0.1, 0.15) is 18.3 Å². The molecule has 112 valence electrons. The normalized spacial score (nSPS) is 12.1. The summed E-state index contributed by atoms with van der Waals surface area (Å²) in [4.78, 5) is 11.9. The summed E-state index contributed by atoms with van der Waals surface area (Å²) in [6, 6.07) is 10.0. The number of nitrogens with one attached hydrogen (secondary N) is 2. The van der Waals surface area contributed by atoms with E-state index in [9.17, 15) is 4.79 Å². The molecule has 0 aliphatic heterocycles. The molecular weight excluding hydrogens is 266 g/mol. The zero-order valence-electron chi connectivity index (χ0n) is 12.6. The Morgan fingerprint density at radius 1 is 1.33 bits per heavy atom. The van der Waals surface area contributed by atoms with Gasteiger partial charge in [0.25, 0.3) is 0 Å². The van der Waals surface area contributed by atoms with E-state index in [0.717, 1.165) is 11.4 Å². The zero-order chi connectivity index (χ0) is 15.2. The number of hydrogen-bond donors (Lipinski definition) is 2. The van der Waals surface area contributed by atoms with Crippen LogP contribution in [0.4, 0.5) is 0 Å². The van der Waals surface area contributed by atoms with Gasteiger partial charge in [-0.1, -0.05) is 23.4 Å². The summed E-state index contributed by atoms with van der Waals surface area (Å²) in [5.74, 6) is -0.0414. The highest BCUT2D eigenvalue weighted by Crippen LogP contribution is 2.11. The molecule has 0 bridgehead atoms. The van der Waals surface area contributed by atoms with Crippen molar-refractivity contribution in [3.05, 3.63) is 41.7 Å². The lowest BCUT2D eigenvalue weighted by molar-refractivity contribution is -0.120. The van der Waals surface area contributed by atoms with Crippen molar-refractivity contribution in [1.82, 2.24) is 25.6 Å². The van der Waals surface area contributed by atoms with Gasteiger partial charge in [0, 0.05) is 12.6 Å². The Morgan fingerprint density at radius 3 is 2.71 bits per heavy atom. The molecule has 1 aromatic carbocycles. The fourth-order valence-corrected chi connectivity index (χ4v) is 1.92. The molecule has 0 saturated heterocycles. The number of amides is 1. The molecule has 2 rings (SSSR count). The summed E-state index contributed by atoms with van der Waals surface area (Å²) in [5, 5.41) is 14.2. The average molecular weight is 287 g/mol. The van der Waals surface area contributed by atoms with Gasteiger partial charge in [0.15, 0.2) is 0 Å². The Labute approximate surface area is 124 Å². The monoisotopic (exact) mass is 287 g/mol. The Hall–Kier alpha value is -2.21. The maximum Gasteiger partial charge on any atom is 0.226 e. The molecule has 0 saturated carbocycles. The first-order valence-electron chi connectivity index (χ1n) is 7.02. The summed E-state index contributed by atoms with van der Waals surface area (Å²) in [6.45, 7) is 4.53. The average Bonchev–Trinajstić information content (AvgIpc) is 2.86. The van der Waals surface area contributed by atoms with Crippen LogP contribution in [0, 0.1) is 6.92 Å². The lowest BCUT2D eigenvalue weighted by atomic mass is 10.2. The topological polar surface area (TPSA) is 71.8 Å². The molecule has 1 atom stereocenters. The van der Waals surface area contributed by atoms with E-state index in [2.05, 4.69) is 20.9 Å². The number of aromatic nitrogens is 3. The van der Waals surface area contributed by atoms with Crippen molar-refractivity contribution in [3.63, 3.8) is 0 Å². The SMILES string of the molecule is CNC(C)CNC(=O)Cc1nnn(-c2ccccc2)c1C. The molecule has 21 heavy (non-hydrogen) atoms. The van der Waals surface area contributed by atoms with Crippen LogP contribution in [0.5, 0.6) is 0 Å². The summed E-state index contributed by atoms with van der Waals surface area (Å²) < 4.78 is 1.75. The van der Waals surface area contributed by atoms with E-state index in [1.54, 1.807) is 4.68 Å². The Kier molecular flexibility index (Phi) is 5.05. The number of rotatable bonds is 6. The second-order valence-corrected chi connectivity index (χ2v) is 5.04. The Balaban J connectivity index is 2.02. The highest BCUT2D eigenvalue weighted by molar-refractivity contribution is 5.78. The third kappa shape index (κ3) is 3.88. The van der Waals surface area contributed by atoms with Crippen LogP contribution < -0.4 is 10.6 Å². The minimum Gasteiger partial charge on any atom is -0.354 e. The molecule has 0 fully saturated rings. The predicted octanol–water partition coefficient (Wildman–Crippen LogP) is 0.842. The third-order valence-corrected chi connectivity index (χ3v) is 3.42. The fourth-order valence-electron chi connectivity index (χ4n) is 1.92. The van der Waals surface area contributed by atoms with Gasteiger partial charge in [-0.15, -0.1) is 5.10 Å². The maximum atomic E-state index is 11.9. The molecule has 1 heterocycles. The van der Waals surface area contributed by atoms with Crippen LogP contribution in [0.25, 0.3) is 5.69 Å². The van der Waals surface area contributed by atoms with Gasteiger partial charge in [-0.05, 0) is 33.0 Å². The van der Waals surface area contributed by atoms with Crippen molar-refractivity contribution in [1.29, 1.82) is 0 Å². The number of benzene rings is 1. The highest BCUT2D eigenvalue weighted by Gasteiger charge is 2.13. The van der Waals surface area contributed by atoms with Gasteiger partial charge in [0.1, 0.15) is 0 Å². The van der Waals surface area contributed by atoms with Gasteiger partial charge in [-0.3, -0.25) is 4.79 Å².